The number of hydrogen-bond donors (Lipinski definition) is 2. The quantitative estimate of drug-likeness (QED) is 0.583. The number of halogens is 1. The van der Waals surface area contributed by atoms with Crippen LogP contribution in [-0.2, 0) is 4.74 Å². The number of hydrogen-bond acceptors (Lipinski definition) is 5. The molecule has 2 amide bonds. The third-order valence-corrected chi connectivity index (χ3v) is 5.86. The van der Waals surface area contributed by atoms with E-state index >= 15 is 0 Å². The summed E-state index contributed by atoms with van der Waals surface area (Å²) in [5.41, 5.74) is 2.68. The minimum absolute atomic E-state index is 0.0461. The molecule has 2 heterocycles. The van der Waals surface area contributed by atoms with Gasteiger partial charge in [-0.15, -0.1) is 0 Å². The summed E-state index contributed by atoms with van der Waals surface area (Å²) in [6.07, 6.45) is 2.38. The molecule has 172 valence electrons. The number of nitrogens with one attached hydrogen (secondary N) is 1. The molecular formula is C24H30ClN3O4. The van der Waals surface area contributed by atoms with Crippen LogP contribution in [0.3, 0.4) is 0 Å². The van der Waals surface area contributed by atoms with E-state index in [-0.39, 0.29) is 28.5 Å². The topological polar surface area (TPSA) is 91.8 Å². The van der Waals surface area contributed by atoms with E-state index in [0.717, 1.165) is 17.8 Å². The van der Waals surface area contributed by atoms with Crippen LogP contribution >= 0.6 is 11.6 Å². The van der Waals surface area contributed by atoms with Gasteiger partial charge in [0.05, 0.1) is 22.9 Å². The Morgan fingerprint density at radius 1 is 1.22 bits per heavy atom. The standard InChI is InChI=1S/C24H30ClN3O4/c1-3-13-32-14-10-26-23(30)19-6-4-16(2)27-22(19)17-8-11-28(12-9-17)24(31)18-5-7-21(29)20(25)15-18/h4-7,15,17,29H,3,8-14H2,1-2H3,(H,26,30). The number of aromatic hydroxyl groups is 1. The number of ether oxygens (including phenoxy) is 1. The highest BCUT2D eigenvalue weighted by Gasteiger charge is 2.28. The van der Waals surface area contributed by atoms with E-state index in [2.05, 4.69) is 10.3 Å². The summed E-state index contributed by atoms with van der Waals surface area (Å²) in [4.78, 5) is 32.0. The monoisotopic (exact) mass is 459 g/mol. The fourth-order valence-corrected chi connectivity index (χ4v) is 4.02. The number of aromatic nitrogens is 1. The van der Waals surface area contributed by atoms with Crippen LogP contribution in [0.25, 0.3) is 0 Å². The number of carbonyl (C=O) groups excluding carboxylic acids is 2. The van der Waals surface area contributed by atoms with Crippen molar-refractivity contribution in [3.8, 4) is 5.75 Å². The maximum absolute atomic E-state index is 12.8. The predicted octanol–water partition coefficient (Wildman–Crippen LogP) is 3.93. The maximum Gasteiger partial charge on any atom is 0.253 e. The molecule has 0 spiro atoms. The first-order valence-electron chi connectivity index (χ1n) is 11.0. The van der Waals surface area contributed by atoms with E-state index < -0.39 is 0 Å². The average Bonchev–Trinajstić information content (AvgIpc) is 2.80. The van der Waals surface area contributed by atoms with Crippen LogP contribution < -0.4 is 5.32 Å². The van der Waals surface area contributed by atoms with Gasteiger partial charge >= 0.3 is 0 Å². The summed E-state index contributed by atoms with van der Waals surface area (Å²) < 4.78 is 5.43. The largest absolute Gasteiger partial charge is 0.506 e. The van der Waals surface area contributed by atoms with Gasteiger partial charge in [-0.3, -0.25) is 14.6 Å². The summed E-state index contributed by atoms with van der Waals surface area (Å²) in [5, 5.41) is 12.7. The molecule has 0 aliphatic carbocycles. The zero-order valence-electron chi connectivity index (χ0n) is 18.6. The fourth-order valence-electron chi connectivity index (χ4n) is 3.84. The molecule has 1 aliphatic rings. The molecule has 2 aromatic rings. The molecule has 8 heteroatoms. The van der Waals surface area contributed by atoms with Crippen molar-refractivity contribution >= 4 is 23.4 Å². The summed E-state index contributed by atoms with van der Waals surface area (Å²) in [6, 6.07) is 8.16. The summed E-state index contributed by atoms with van der Waals surface area (Å²) >= 11 is 5.95. The summed E-state index contributed by atoms with van der Waals surface area (Å²) in [6.45, 7) is 6.69. The lowest BCUT2D eigenvalue weighted by atomic mass is 9.89. The minimum atomic E-state index is -0.148. The highest BCUT2D eigenvalue weighted by Crippen LogP contribution is 2.31. The number of rotatable bonds is 8. The van der Waals surface area contributed by atoms with Crippen LogP contribution in [0.4, 0.5) is 0 Å². The molecule has 7 nitrogen and oxygen atoms in total. The number of pyridine rings is 1. The van der Waals surface area contributed by atoms with Crippen molar-refractivity contribution in [1.29, 1.82) is 0 Å². The van der Waals surface area contributed by atoms with Crippen LogP contribution in [0.2, 0.25) is 5.02 Å². The predicted molar refractivity (Wildman–Crippen MR) is 123 cm³/mol. The molecule has 1 aromatic carbocycles. The van der Waals surface area contributed by atoms with E-state index in [1.54, 1.807) is 11.0 Å². The maximum atomic E-state index is 12.8. The average molecular weight is 460 g/mol. The molecule has 32 heavy (non-hydrogen) atoms. The van der Waals surface area contributed by atoms with Crippen LogP contribution in [0.5, 0.6) is 5.75 Å². The second kappa shape index (κ2) is 11.3. The van der Waals surface area contributed by atoms with E-state index in [1.807, 2.05) is 26.0 Å². The second-order valence-corrected chi connectivity index (χ2v) is 8.39. The molecule has 1 fully saturated rings. The molecule has 1 aromatic heterocycles. The molecular weight excluding hydrogens is 430 g/mol. The Labute approximate surface area is 193 Å². The Bertz CT molecular complexity index is 958. The third-order valence-electron chi connectivity index (χ3n) is 5.55. The number of phenols is 1. The van der Waals surface area contributed by atoms with Crippen molar-refractivity contribution in [2.75, 3.05) is 32.8 Å². The summed E-state index contributed by atoms with van der Waals surface area (Å²) in [5.74, 6) is -0.216. The van der Waals surface area contributed by atoms with E-state index in [0.29, 0.717) is 56.8 Å². The van der Waals surface area contributed by atoms with Gasteiger partial charge in [-0.05, 0) is 56.5 Å². The van der Waals surface area contributed by atoms with Crippen molar-refractivity contribution in [2.45, 2.75) is 39.0 Å². The van der Waals surface area contributed by atoms with E-state index in [4.69, 9.17) is 16.3 Å². The fraction of sp³-hybridized carbons (Fsp3) is 0.458. The number of phenolic OH excluding ortho intramolecular Hbond substituents is 1. The number of aryl methyl sites for hydroxylation is 1. The summed E-state index contributed by atoms with van der Waals surface area (Å²) in [7, 11) is 0. The minimum Gasteiger partial charge on any atom is -0.506 e. The molecule has 0 bridgehead atoms. The molecule has 0 unspecified atom stereocenters. The van der Waals surface area contributed by atoms with E-state index in [9.17, 15) is 14.7 Å². The zero-order chi connectivity index (χ0) is 23.1. The number of nitrogens with zero attached hydrogens (tertiary/aromatic N) is 2. The van der Waals surface area contributed by atoms with Gasteiger partial charge in [0.15, 0.2) is 0 Å². The zero-order valence-corrected chi connectivity index (χ0v) is 19.3. The van der Waals surface area contributed by atoms with Crippen LogP contribution in [0.1, 0.15) is 64.2 Å². The molecule has 0 saturated carbocycles. The lowest BCUT2D eigenvalue weighted by Gasteiger charge is -2.32. The number of amides is 2. The molecule has 3 rings (SSSR count). The van der Waals surface area contributed by atoms with Gasteiger partial charge in [-0.25, -0.2) is 0 Å². The molecule has 0 radical (unpaired) electrons. The number of carbonyl (C=O) groups is 2. The van der Waals surface area contributed by atoms with Crippen molar-refractivity contribution in [1.82, 2.24) is 15.2 Å². The first kappa shape index (κ1) is 24.0. The van der Waals surface area contributed by atoms with Gasteiger partial charge < -0.3 is 20.1 Å². The van der Waals surface area contributed by atoms with Crippen LogP contribution in [-0.4, -0.2) is 59.7 Å². The Hall–Kier alpha value is -2.64. The van der Waals surface area contributed by atoms with Crippen molar-refractivity contribution < 1.29 is 19.4 Å². The highest BCUT2D eigenvalue weighted by molar-refractivity contribution is 6.32. The first-order valence-corrected chi connectivity index (χ1v) is 11.4. The van der Waals surface area contributed by atoms with Gasteiger partial charge in [0.2, 0.25) is 0 Å². The molecule has 2 N–H and O–H groups in total. The SMILES string of the molecule is CCCOCCNC(=O)c1ccc(C)nc1C1CCN(C(=O)c2ccc(O)c(Cl)c2)CC1. The van der Waals surface area contributed by atoms with Gasteiger partial charge in [-0.1, -0.05) is 18.5 Å². The Kier molecular flexibility index (Phi) is 8.47. The van der Waals surface area contributed by atoms with Crippen LogP contribution in [0, 0.1) is 6.92 Å². The lowest BCUT2D eigenvalue weighted by Crippen LogP contribution is -2.38. The highest BCUT2D eigenvalue weighted by atomic mass is 35.5. The smallest absolute Gasteiger partial charge is 0.253 e. The Balaban J connectivity index is 1.64. The third kappa shape index (κ3) is 5.99. The normalized spacial score (nSPS) is 14.4. The molecule has 1 aliphatic heterocycles. The first-order chi connectivity index (χ1) is 15.4. The van der Waals surface area contributed by atoms with Crippen LogP contribution in [0.15, 0.2) is 30.3 Å². The van der Waals surface area contributed by atoms with Gasteiger partial charge in [0.25, 0.3) is 11.8 Å². The Morgan fingerprint density at radius 3 is 2.66 bits per heavy atom. The number of piperidine rings is 1. The van der Waals surface area contributed by atoms with Crippen molar-refractivity contribution in [3.63, 3.8) is 0 Å². The molecule has 1 saturated heterocycles. The second-order valence-electron chi connectivity index (χ2n) is 7.99. The van der Waals surface area contributed by atoms with Gasteiger partial charge in [0.1, 0.15) is 5.75 Å². The lowest BCUT2D eigenvalue weighted by molar-refractivity contribution is 0.0710. The van der Waals surface area contributed by atoms with Gasteiger partial charge in [0, 0.05) is 43.4 Å². The Morgan fingerprint density at radius 2 is 1.97 bits per heavy atom. The molecule has 0 atom stereocenters. The van der Waals surface area contributed by atoms with Crippen molar-refractivity contribution in [3.05, 3.63) is 57.9 Å². The number of benzene rings is 1. The van der Waals surface area contributed by atoms with Gasteiger partial charge in [-0.2, -0.15) is 0 Å². The van der Waals surface area contributed by atoms with Crippen molar-refractivity contribution in [2.24, 2.45) is 0 Å². The number of likely N-dealkylation sites (tertiary alicyclic amines) is 1. The van der Waals surface area contributed by atoms with E-state index in [1.165, 1.54) is 12.1 Å².